The summed E-state index contributed by atoms with van der Waals surface area (Å²) >= 11 is 1.54. The molecular weight excluding hydrogens is 361 g/mol. The fraction of sp³-hybridized carbons (Fsp3) is 0.500. The Bertz CT molecular complexity index is 804. The molecule has 144 valence electrons. The summed E-state index contributed by atoms with van der Waals surface area (Å²) in [5.41, 5.74) is 4.70. The average Bonchev–Trinajstić information content (AvgIpc) is 3.17. The van der Waals surface area contributed by atoms with E-state index in [4.69, 9.17) is 15.7 Å². The van der Waals surface area contributed by atoms with Crippen LogP contribution in [0, 0.1) is 5.92 Å². The lowest BCUT2D eigenvalue weighted by molar-refractivity contribution is 0.394. The maximum Gasteiger partial charge on any atom is 0.128 e. The Labute approximate surface area is 176 Å². The summed E-state index contributed by atoms with van der Waals surface area (Å²) in [5, 5.41) is 0. The van der Waals surface area contributed by atoms with Crippen molar-refractivity contribution in [2.45, 2.75) is 71.0 Å². The van der Waals surface area contributed by atoms with E-state index in [1.54, 1.807) is 11.6 Å². The quantitative estimate of drug-likeness (QED) is 0.500. The van der Waals surface area contributed by atoms with Gasteiger partial charge >= 0.3 is 0 Å². The second kappa shape index (κ2) is 9.96. The summed E-state index contributed by atoms with van der Waals surface area (Å²) in [5.74, 6) is 1.02. The molecule has 1 heterocycles. The highest BCUT2D eigenvalue weighted by atomic mass is 32.1. The first-order chi connectivity index (χ1) is 13.6. The van der Waals surface area contributed by atoms with Gasteiger partial charge in [-0.3, -0.25) is 0 Å². The minimum atomic E-state index is -0.0649. The molecule has 0 atom stereocenters. The van der Waals surface area contributed by atoms with Crippen LogP contribution >= 0.6 is 11.3 Å². The molecule has 28 heavy (non-hydrogen) atoms. The van der Waals surface area contributed by atoms with Gasteiger partial charge in [-0.2, -0.15) is 11.3 Å². The van der Waals surface area contributed by atoms with E-state index in [1.807, 2.05) is 26.0 Å². The van der Waals surface area contributed by atoms with Crippen molar-refractivity contribution in [2.75, 3.05) is 0 Å². The monoisotopic (exact) mass is 390 g/mol. The molecule has 3 aliphatic carbocycles. The van der Waals surface area contributed by atoms with Crippen LogP contribution in [-0.4, -0.2) is 15.7 Å². The summed E-state index contributed by atoms with van der Waals surface area (Å²) in [4.78, 5) is 1.09. The van der Waals surface area contributed by atoms with Crippen LogP contribution in [-0.2, 0) is 0 Å². The molecule has 4 radical (unpaired) electrons. The zero-order valence-corrected chi connectivity index (χ0v) is 18.0. The SMILES string of the molecule is CC.[B]c1ccc(C2=CC(F)=C(C3=CC=C(C4CCC([B])CC4)CC3)CC2)s1. The number of rotatable bonds is 3. The van der Waals surface area contributed by atoms with E-state index < -0.39 is 0 Å². The fourth-order valence-corrected chi connectivity index (χ4v) is 5.28. The van der Waals surface area contributed by atoms with Crippen LogP contribution in [0.15, 0.2) is 52.9 Å². The van der Waals surface area contributed by atoms with Gasteiger partial charge in [-0.25, -0.2) is 4.39 Å². The molecular formula is C24H29B2FS. The van der Waals surface area contributed by atoms with E-state index >= 15 is 0 Å². The number of thiophene rings is 1. The first-order valence-corrected chi connectivity index (χ1v) is 11.5. The van der Waals surface area contributed by atoms with E-state index in [2.05, 4.69) is 12.2 Å². The number of allylic oxidation sites excluding steroid dienone is 8. The van der Waals surface area contributed by atoms with Crippen LogP contribution in [0.5, 0.6) is 0 Å². The lowest BCUT2D eigenvalue weighted by atomic mass is 9.69. The van der Waals surface area contributed by atoms with Gasteiger partial charge in [0, 0.05) is 4.88 Å². The van der Waals surface area contributed by atoms with Gasteiger partial charge in [0.1, 0.15) is 13.7 Å². The molecule has 0 amide bonds. The molecule has 0 N–H and O–H groups in total. The van der Waals surface area contributed by atoms with Gasteiger partial charge in [-0.1, -0.05) is 56.3 Å². The molecule has 1 aromatic rings. The van der Waals surface area contributed by atoms with Gasteiger partial charge in [-0.05, 0) is 78.1 Å². The predicted octanol–water partition coefficient (Wildman–Crippen LogP) is 6.76. The molecule has 0 saturated heterocycles. The molecule has 0 spiro atoms. The largest absolute Gasteiger partial charge is 0.207 e. The molecule has 3 aliphatic rings. The maximum atomic E-state index is 14.8. The highest BCUT2D eigenvalue weighted by Gasteiger charge is 2.24. The van der Waals surface area contributed by atoms with Gasteiger partial charge in [0.2, 0.25) is 0 Å². The molecule has 0 nitrogen and oxygen atoms in total. The lowest BCUT2D eigenvalue weighted by Gasteiger charge is -2.30. The van der Waals surface area contributed by atoms with Crippen molar-refractivity contribution in [3.05, 3.63) is 57.8 Å². The third-order valence-electron chi connectivity index (χ3n) is 6.04. The number of halogens is 1. The Morgan fingerprint density at radius 3 is 2.21 bits per heavy atom. The zero-order chi connectivity index (χ0) is 20.1. The Morgan fingerprint density at radius 1 is 0.929 bits per heavy atom. The van der Waals surface area contributed by atoms with Crippen LogP contribution < -0.4 is 4.78 Å². The maximum absolute atomic E-state index is 14.8. The van der Waals surface area contributed by atoms with Gasteiger partial charge in [0.25, 0.3) is 0 Å². The van der Waals surface area contributed by atoms with Crippen LogP contribution in [0.25, 0.3) is 5.57 Å². The van der Waals surface area contributed by atoms with Crippen molar-refractivity contribution in [2.24, 2.45) is 5.92 Å². The van der Waals surface area contributed by atoms with Crippen molar-refractivity contribution in [1.29, 1.82) is 0 Å². The van der Waals surface area contributed by atoms with Gasteiger partial charge in [0.15, 0.2) is 0 Å². The predicted molar refractivity (Wildman–Crippen MR) is 123 cm³/mol. The first kappa shape index (κ1) is 21.4. The van der Waals surface area contributed by atoms with E-state index in [-0.39, 0.29) is 5.83 Å². The van der Waals surface area contributed by atoms with Crippen molar-refractivity contribution in [1.82, 2.24) is 0 Å². The van der Waals surface area contributed by atoms with Gasteiger partial charge in [0.05, 0.1) is 7.85 Å². The van der Waals surface area contributed by atoms with Crippen LogP contribution in [0.3, 0.4) is 0 Å². The molecule has 1 saturated carbocycles. The molecule has 0 unspecified atom stereocenters. The summed E-state index contributed by atoms with van der Waals surface area (Å²) in [6.45, 7) is 4.00. The minimum absolute atomic E-state index is 0.0649. The van der Waals surface area contributed by atoms with Crippen LogP contribution in [0.4, 0.5) is 4.39 Å². The van der Waals surface area contributed by atoms with Crippen LogP contribution in [0.1, 0.15) is 70.1 Å². The molecule has 1 aromatic heterocycles. The molecule has 1 fully saturated rings. The Morgan fingerprint density at radius 2 is 1.64 bits per heavy atom. The average molecular weight is 390 g/mol. The highest BCUT2D eigenvalue weighted by Crippen LogP contribution is 2.41. The summed E-state index contributed by atoms with van der Waals surface area (Å²) < 4.78 is 15.6. The number of hydrogen-bond acceptors (Lipinski definition) is 1. The van der Waals surface area contributed by atoms with Crippen molar-refractivity contribution < 1.29 is 4.39 Å². The van der Waals surface area contributed by atoms with E-state index in [0.717, 1.165) is 59.3 Å². The van der Waals surface area contributed by atoms with Gasteiger partial charge < -0.3 is 0 Å². The summed E-state index contributed by atoms with van der Waals surface area (Å²) in [6, 6.07) is 3.89. The summed E-state index contributed by atoms with van der Waals surface area (Å²) in [6.07, 6.45) is 14.5. The van der Waals surface area contributed by atoms with Crippen molar-refractivity contribution in [3.63, 3.8) is 0 Å². The van der Waals surface area contributed by atoms with E-state index in [1.165, 1.54) is 29.8 Å². The molecule has 0 aromatic carbocycles. The Hall–Kier alpha value is -1.28. The van der Waals surface area contributed by atoms with Crippen molar-refractivity contribution in [3.8, 4) is 0 Å². The normalized spacial score (nSPS) is 25.3. The molecule has 4 rings (SSSR count). The fourth-order valence-electron chi connectivity index (χ4n) is 4.46. The van der Waals surface area contributed by atoms with E-state index in [9.17, 15) is 4.39 Å². The van der Waals surface area contributed by atoms with E-state index in [0.29, 0.717) is 11.7 Å². The third-order valence-corrected chi connectivity index (χ3v) is 7.03. The zero-order valence-electron chi connectivity index (χ0n) is 17.1. The standard InChI is InChI=1S/C22H23B2FS.C2H6/c23-18-8-5-15(6-9-18)14-1-3-16(4-2-14)19-10-7-17(13-20(19)25)21-11-12-22(24)26-21;1-2/h1,3,11-13,15,18H,2,4-10H2;1-2H3. The smallest absolute Gasteiger partial charge is 0.128 e. The van der Waals surface area contributed by atoms with Crippen LogP contribution in [0.2, 0.25) is 5.82 Å². The Kier molecular flexibility index (Phi) is 7.62. The second-order valence-electron chi connectivity index (χ2n) is 7.74. The Balaban J connectivity index is 0.00000109. The molecule has 4 heteroatoms. The first-order valence-electron chi connectivity index (χ1n) is 10.7. The third kappa shape index (κ3) is 5.00. The molecule has 0 aliphatic heterocycles. The number of hydrogen-bond donors (Lipinski definition) is 0. The van der Waals surface area contributed by atoms with Gasteiger partial charge in [-0.15, -0.1) is 0 Å². The highest BCUT2D eigenvalue weighted by molar-refractivity contribution is 7.20. The van der Waals surface area contributed by atoms with Crippen molar-refractivity contribution >= 4 is 37.4 Å². The lowest BCUT2D eigenvalue weighted by Crippen LogP contribution is -2.15. The second-order valence-corrected chi connectivity index (χ2v) is 8.86. The summed E-state index contributed by atoms with van der Waals surface area (Å²) in [7, 11) is 11.8. The minimum Gasteiger partial charge on any atom is -0.207 e. The molecule has 0 bridgehead atoms. The topological polar surface area (TPSA) is 0 Å².